The minimum atomic E-state index is -0.624. The Hall–Kier alpha value is -0.810. The van der Waals surface area contributed by atoms with Gasteiger partial charge in [-0.05, 0) is 30.7 Å². The number of nitrogen functional groups attached to an aromatic ring is 1. The van der Waals surface area contributed by atoms with Crippen LogP contribution in [0.3, 0.4) is 0 Å². The van der Waals surface area contributed by atoms with Crippen molar-refractivity contribution in [3.63, 3.8) is 0 Å². The van der Waals surface area contributed by atoms with E-state index in [1.807, 2.05) is 0 Å². The number of anilines is 1. The topological polar surface area (TPSA) is 46.2 Å². The number of aliphatic hydroxyl groups is 1. The SMILES string of the molecule is Nc1cc(F)c(SCCCCO)c(F)c1. The van der Waals surface area contributed by atoms with Crippen molar-refractivity contribution in [2.24, 2.45) is 0 Å². The first-order valence-electron chi connectivity index (χ1n) is 4.63. The van der Waals surface area contributed by atoms with E-state index >= 15 is 0 Å². The second kappa shape index (κ2) is 5.92. The predicted molar refractivity (Wildman–Crippen MR) is 57.8 cm³/mol. The van der Waals surface area contributed by atoms with Crippen LogP contribution >= 0.6 is 11.8 Å². The smallest absolute Gasteiger partial charge is 0.141 e. The summed E-state index contributed by atoms with van der Waals surface area (Å²) in [5, 5.41) is 8.54. The van der Waals surface area contributed by atoms with Crippen molar-refractivity contribution in [2.75, 3.05) is 18.1 Å². The van der Waals surface area contributed by atoms with Gasteiger partial charge in [0.2, 0.25) is 0 Å². The van der Waals surface area contributed by atoms with Crippen LogP contribution in [0, 0.1) is 11.6 Å². The van der Waals surface area contributed by atoms with Crippen LogP contribution in [0.5, 0.6) is 0 Å². The van der Waals surface area contributed by atoms with Crippen molar-refractivity contribution < 1.29 is 13.9 Å². The molecule has 1 aromatic carbocycles. The highest BCUT2D eigenvalue weighted by Gasteiger charge is 2.10. The van der Waals surface area contributed by atoms with E-state index in [9.17, 15) is 8.78 Å². The molecule has 0 aliphatic heterocycles. The maximum atomic E-state index is 13.2. The molecule has 2 nitrogen and oxygen atoms in total. The number of benzene rings is 1. The normalized spacial score (nSPS) is 10.6. The molecule has 0 atom stereocenters. The predicted octanol–water partition coefficient (Wildman–Crippen LogP) is 2.41. The molecule has 0 saturated heterocycles. The fraction of sp³-hybridized carbons (Fsp3) is 0.400. The molecular weight excluding hydrogens is 220 g/mol. The number of nitrogens with two attached hydrogens (primary N) is 1. The lowest BCUT2D eigenvalue weighted by Crippen LogP contribution is -1.94. The summed E-state index contributed by atoms with van der Waals surface area (Å²) < 4.78 is 26.5. The van der Waals surface area contributed by atoms with Gasteiger partial charge >= 0.3 is 0 Å². The Kier molecular flexibility index (Phi) is 4.84. The maximum Gasteiger partial charge on any atom is 0.141 e. The van der Waals surface area contributed by atoms with Crippen LogP contribution in [0.15, 0.2) is 17.0 Å². The van der Waals surface area contributed by atoms with E-state index in [0.717, 1.165) is 30.3 Å². The zero-order chi connectivity index (χ0) is 11.3. The number of hydrogen-bond acceptors (Lipinski definition) is 3. The standard InChI is InChI=1S/C10H13F2NOS/c11-8-5-7(13)6-9(12)10(8)15-4-2-1-3-14/h5-6,14H,1-4,13H2. The third kappa shape index (κ3) is 3.68. The molecule has 0 aliphatic rings. The van der Waals surface area contributed by atoms with Crippen LogP contribution in [0.25, 0.3) is 0 Å². The second-order valence-corrected chi connectivity index (χ2v) is 4.20. The van der Waals surface area contributed by atoms with E-state index in [0.29, 0.717) is 12.2 Å². The Morgan fingerprint density at radius 1 is 1.20 bits per heavy atom. The van der Waals surface area contributed by atoms with Gasteiger partial charge in [-0.2, -0.15) is 0 Å². The molecule has 0 aromatic heterocycles. The molecule has 0 fully saturated rings. The highest BCUT2D eigenvalue weighted by Crippen LogP contribution is 2.27. The van der Waals surface area contributed by atoms with Crippen molar-refractivity contribution in [2.45, 2.75) is 17.7 Å². The number of unbranched alkanes of at least 4 members (excludes halogenated alkanes) is 1. The van der Waals surface area contributed by atoms with Crippen LogP contribution in [-0.2, 0) is 0 Å². The summed E-state index contributed by atoms with van der Waals surface area (Å²) in [4.78, 5) is 0.00198. The summed E-state index contributed by atoms with van der Waals surface area (Å²) in [7, 11) is 0. The molecule has 1 rings (SSSR count). The van der Waals surface area contributed by atoms with E-state index in [2.05, 4.69) is 0 Å². The van der Waals surface area contributed by atoms with Crippen molar-refractivity contribution in [1.29, 1.82) is 0 Å². The molecule has 0 bridgehead atoms. The van der Waals surface area contributed by atoms with E-state index in [-0.39, 0.29) is 17.2 Å². The fourth-order valence-corrected chi connectivity index (χ4v) is 2.05. The molecule has 0 amide bonds. The molecule has 1 aromatic rings. The van der Waals surface area contributed by atoms with Gasteiger partial charge in [-0.15, -0.1) is 11.8 Å². The number of hydrogen-bond donors (Lipinski definition) is 2. The van der Waals surface area contributed by atoms with Gasteiger partial charge in [-0.25, -0.2) is 8.78 Å². The van der Waals surface area contributed by atoms with Gasteiger partial charge in [0, 0.05) is 12.3 Å². The lowest BCUT2D eigenvalue weighted by Gasteiger charge is -2.05. The van der Waals surface area contributed by atoms with Crippen LogP contribution in [0.1, 0.15) is 12.8 Å². The third-order valence-electron chi connectivity index (χ3n) is 1.82. The monoisotopic (exact) mass is 233 g/mol. The van der Waals surface area contributed by atoms with Gasteiger partial charge in [0.05, 0.1) is 4.90 Å². The molecule has 0 aliphatic carbocycles. The van der Waals surface area contributed by atoms with Gasteiger partial charge in [-0.3, -0.25) is 0 Å². The molecule has 84 valence electrons. The number of aliphatic hydroxyl groups excluding tert-OH is 1. The summed E-state index contributed by atoms with van der Waals surface area (Å²) in [5.74, 6) is -0.666. The first-order valence-corrected chi connectivity index (χ1v) is 5.62. The highest BCUT2D eigenvalue weighted by molar-refractivity contribution is 7.99. The van der Waals surface area contributed by atoms with Gasteiger partial charge in [0.1, 0.15) is 11.6 Å². The zero-order valence-corrected chi connectivity index (χ0v) is 8.99. The maximum absolute atomic E-state index is 13.2. The molecule has 0 spiro atoms. The van der Waals surface area contributed by atoms with Gasteiger partial charge in [-0.1, -0.05) is 0 Å². The van der Waals surface area contributed by atoms with Crippen LogP contribution < -0.4 is 5.73 Å². The van der Waals surface area contributed by atoms with Gasteiger partial charge in [0.15, 0.2) is 0 Å². The molecule has 5 heteroatoms. The van der Waals surface area contributed by atoms with Crippen molar-refractivity contribution in [3.05, 3.63) is 23.8 Å². The molecule has 0 heterocycles. The first kappa shape index (κ1) is 12.3. The quantitative estimate of drug-likeness (QED) is 0.466. The van der Waals surface area contributed by atoms with Crippen molar-refractivity contribution in [1.82, 2.24) is 0 Å². The molecule has 3 N–H and O–H groups in total. The van der Waals surface area contributed by atoms with Crippen molar-refractivity contribution >= 4 is 17.4 Å². The summed E-state index contributed by atoms with van der Waals surface area (Å²) in [6.07, 6.45) is 1.37. The van der Waals surface area contributed by atoms with E-state index < -0.39 is 11.6 Å². The number of thioether (sulfide) groups is 1. The Balaban J connectivity index is 2.60. The lowest BCUT2D eigenvalue weighted by molar-refractivity contribution is 0.287. The van der Waals surface area contributed by atoms with Crippen LogP contribution in [0.4, 0.5) is 14.5 Å². The first-order chi connectivity index (χ1) is 7.15. The Morgan fingerprint density at radius 2 is 1.80 bits per heavy atom. The van der Waals surface area contributed by atoms with E-state index in [1.165, 1.54) is 0 Å². The second-order valence-electron chi connectivity index (χ2n) is 3.09. The zero-order valence-electron chi connectivity index (χ0n) is 8.17. The molecule has 0 radical (unpaired) electrons. The minimum absolute atomic E-state index is 0.00198. The Labute approximate surface area is 91.5 Å². The van der Waals surface area contributed by atoms with Crippen LogP contribution in [-0.4, -0.2) is 17.5 Å². The summed E-state index contributed by atoms with van der Waals surface area (Å²) in [6.45, 7) is 0.104. The fourth-order valence-electron chi connectivity index (χ4n) is 1.11. The molecule has 0 saturated carbocycles. The van der Waals surface area contributed by atoms with Gasteiger partial charge in [0.25, 0.3) is 0 Å². The van der Waals surface area contributed by atoms with Gasteiger partial charge < -0.3 is 10.8 Å². The molecular formula is C10H13F2NOS. The van der Waals surface area contributed by atoms with Crippen LogP contribution in [0.2, 0.25) is 0 Å². The summed E-state index contributed by atoms with van der Waals surface area (Å²) in [5.41, 5.74) is 5.37. The van der Waals surface area contributed by atoms with E-state index in [1.54, 1.807) is 0 Å². The minimum Gasteiger partial charge on any atom is -0.399 e. The average molecular weight is 233 g/mol. The lowest BCUT2D eigenvalue weighted by atomic mass is 10.3. The molecule has 15 heavy (non-hydrogen) atoms. The average Bonchev–Trinajstić information content (AvgIpc) is 2.15. The Morgan fingerprint density at radius 3 is 2.33 bits per heavy atom. The third-order valence-corrected chi connectivity index (χ3v) is 2.99. The summed E-state index contributed by atoms with van der Waals surface area (Å²) >= 11 is 1.11. The van der Waals surface area contributed by atoms with E-state index in [4.69, 9.17) is 10.8 Å². The number of halogens is 2. The largest absolute Gasteiger partial charge is 0.399 e. The van der Waals surface area contributed by atoms with Crippen molar-refractivity contribution in [3.8, 4) is 0 Å². The highest BCUT2D eigenvalue weighted by atomic mass is 32.2. The Bertz CT molecular complexity index is 310. The number of rotatable bonds is 5. The molecule has 0 unspecified atom stereocenters. The summed E-state index contributed by atoms with van der Waals surface area (Å²) in [6, 6.07) is 2.22.